The number of carbonyl (C=O) groups excluding carboxylic acids is 2. The second-order valence-corrected chi connectivity index (χ2v) is 7.97. The van der Waals surface area contributed by atoms with Gasteiger partial charge in [-0.2, -0.15) is 0 Å². The number of nitrogens with one attached hydrogen (secondary N) is 2. The molecule has 10 nitrogen and oxygen atoms in total. The summed E-state index contributed by atoms with van der Waals surface area (Å²) in [6.07, 6.45) is 3.32. The molecule has 34 heavy (non-hydrogen) atoms. The second-order valence-electron chi connectivity index (χ2n) is 7.03. The molecule has 4 rings (SSSR count). The summed E-state index contributed by atoms with van der Waals surface area (Å²) in [5, 5.41) is 14.5. The summed E-state index contributed by atoms with van der Waals surface area (Å²) >= 11 is 1.37. The van der Waals surface area contributed by atoms with Crippen LogP contribution in [0.15, 0.2) is 72.1 Å². The maximum absolute atomic E-state index is 13.1. The summed E-state index contributed by atoms with van der Waals surface area (Å²) < 4.78 is 6.84. The molecule has 0 saturated carbocycles. The van der Waals surface area contributed by atoms with Gasteiger partial charge in [0.1, 0.15) is 5.75 Å². The number of anilines is 2. The van der Waals surface area contributed by atoms with Gasteiger partial charge in [-0.1, -0.05) is 17.0 Å². The minimum atomic E-state index is -0.406. The fourth-order valence-corrected chi connectivity index (χ4v) is 3.86. The van der Waals surface area contributed by atoms with Gasteiger partial charge in [0.2, 0.25) is 5.91 Å². The van der Waals surface area contributed by atoms with Crippen molar-refractivity contribution in [3.05, 3.63) is 78.4 Å². The van der Waals surface area contributed by atoms with Gasteiger partial charge in [-0.05, 0) is 54.6 Å². The largest absolute Gasteiger partial charge is 0.497 e. The highest BCUT2D eigenvalue weighted by Crippen LogP contribution is 2.24. The van der Waals surface area contributed by atoms with Crippen molar-refractivity contribution in [1.29, 1.82) is 0 Å². The van der Waals surface area contributed by atoms with Gasteiger partial charge in [-0.15, -0.1) is 5.10 Å². The first-order valence-electron chi connectivity index (χ1n) is 10.2. The quantitative estimate of drug-likeness (QED) is 0.293. The Bertz CT molecular complexity index is 1280. The Morgan fingerprint density at radius 3 is 2.24 bits per heavy atom. The lowest BCUT2D eigenvalue weighted by atomic mass is 10.2. The Labute approximate surface area is 199 Å². The molecule has 2 N–H and O–H groups in total. The average molecular weight is 476 g/mol. The van der Waals surface area contributed by atoms with Crippen molar-refractivity contribution >= 4 is 35.0 Å². The number of aromatic nitrogens is 5. The fraction of sp³-hybridized carbons (Fsp3) is 0.130. The summed E-state index contributed by atoms with van der Waals surface area (Å²) in [6.45, 7) is 1.43. The van der Waals surface area contributed by atoms with Crippen LogP contribution in [-0.4, -0.2) is 43.9 Å². The van der Waals surface area contributed by atoms with E-state index in [-0.39, 0.29) is 11.6 Å². The van der Waals surface area contributed by atoms with E-state index in [2.05, 4.69) is 30.9 Å². The molecule has 0 saturated heterocycles. The number of amides is 2. The van der Waals surface area contributed by atoms with E-state index in [0.717, 1.165) is 5.69 Å². The van der Waals surface area contributed by atoms with Crippen molar-refractivity contribution in [2.75, 3.05) is 17.7 Å². The monoisotopic (exact) mass is 475 g/mol. The predicted molar refractivity (Wildman–Crippen MR) is 128 cm³/mol. The first-order chi connectivity index (χ1) is 16.5. The lowest BCUT2D eigenvalue weighted by molar-refractivity contribution is -0.114. The third-order valence-electron chi connectivity index (χ3n) is 4.64. The number of carbonyl (C=O) groups is 2. The average Bonchev–Trinajstić information content (AvgIpc) is 3.28. The summed E-state index contributed by atoms with van der Waals surface area (Å²) in [7, 11) is 1.59. The molecule has 2 heterocycles. The summed E-state index contributed by atoms with van der Waals surface area (Å²) in [5.41, 5.74) is 2.70. The maximum atomic E-state index is 13.1. The smallest absolute Gasteiger partial charge is 0.278 e. The highest BCUT2D eigenvalue weighted by atomic mass is 32.2. The van der Waals surface area contributed by atoms with Crippen molar-refractivity contribution in [2.24, 2.45) is 0 Å². The van der Waals surface area contributed by atoms with E-state index in [9.17, 15) is 9.59 Å². The highest BCUT2D eigenvalue weighted by molar-refractivity contribution is 7.98. The molecule has 0 radical (unpaired) electrons. The van der Waals surface area contributed by atoms with Crippen molar-refractivity contribution in [3.8, 4) is 11.4 Å². The van der Waals surface area contributed by atoms with Crippen molar-refractivity contribution in [1.82, 2.24) is 25.0 Å². The van der Waals surface area contributed by atoms with Crippen molar-refractivity contribution in [3.63, 3.8) is 0 Å². The third kappa shape index (κ3) is 5.56. The number of hydrogen-bond acceptors (Lipinski definition) is 8. The van der Waals surface area contributed by atoms with Crippen LogP contribution in [-0.2, 0) is 10.5 Å². The molecule has 172 valence electrons. The topological polar surface area (TPSA) is 124 Å². The van der Waals surface area contributed by atoms with Gasteiger partial charge >= 0.3 is 0 Å². The van der Waals surface area contributed by atoms with E-state index in [1.807, 2.05) is 24.3 Å². The lowest BCUT2D eigenvalue weighted by Gasteiger charge is -2.09. The molecular formula is C23H21N7O3S. The van der Waals surface area contributed by atoms with Crippen LogP contribution in [0, 0.1) is 0 Å². The number of methoxy groups -OCH3 is 1. The lowest BCUT2D eigenvalue weighted by Crippen LogP contribution is -2.15. The molecule has 2 aromatic heterocycles. The van der Waals surface area contributed by atoms with E-state index < -0.39 is 5.91 Å². The van der Waals surface area contributed by atoms with Crippen LogP contribution >= 0.6 is 11.8 Å². The van der Waals surface area contributed by atoms with Crippen LogP contribution in [0.4, 0.5) is 11.4 Å². The Morgan fingerprint density at radius 1 is 0.971 bits per heavy atom. The van der Waals surface area contributed by atoms with Gasteiger partial charge in [0, 0.05) is 36.4 Å². The molecule has 0 atom stereocenters. The minimum absolute atomic E-state index is 0.170. The highest BCUT2D eigenvalue weighted by Gasteiger charge is 2.21. The SMILES string of the molecule is COc1ccc(-n2nnc(C(=O)Nc3ccc(NC(C)=O)cc3)c2CSc2ncccn2)cc1. The van der Waals surface area contributed by atoms with Gasteiger partial charge in [0.15, 0.2) is 10.9 Å². The Hall–Kier alpha value is -4.25. The molecule has 0 fully saturated rings. The molecule has 2 amide bonds. The first kappa shape index (κ1) is 22.9. The molecule has 0 bridgehead atoms. The van der Waals surface area contributed by atoms with Crippen LogP contribution in [0.2, 0.25) is 0 Å². The fourth-order valence-electron chi connectivity index (χ4n) is 3.06. The standard InChI is InChI=1S/C23H21N7O3S/c1-15(31)26-16-4-6-17(7-5-16)27-22(32)21-20(14-34-23-24-12-3-13-25-23)30(29-28-21)18-8-10-19(33-2)11-9-18/h3-13H,14H2,1-2H3,(H,26,31)(H,27,32). The van der Waals surface area contributed by atoms with Gasteiger partial charge in [0.25, 0.3) is 5.91 Å². The molecule has 4 aromatic rings. The van der Waals surface area contributed by atoms with E-state index in [4.69, 9.17) is 4.74 Å². The Morgan fingerprint density at radius 2 is 1.62 bits per heavy atom. The van der Waals surface area contributed by atoms with Gasteiger partial charge in [0.05, 0.1) is 18.5 Å². The maximum Gasteiger partial charge on any atom is 0.278 e. The number of hydrogen-bond donors (Lipinski definition) is 2. The predicted octanol–water partition coefficient (Wildman–Crippen LogP) is 3.57. The first-order valence-corrected chi connectivity index (χ1v) is 11.2. The summed E-state index contributed by atoms with van der Waals surface area (Å²) in [6, 6.07) is 15.8. The summed E-state index contributed by atoms with van der Waals surface area (Å²) in [4.78, 5) is 32.8. The van der Waals surface area contributed by atoms with Crippen LogP contribution in [0.3, 0.4) is 0 Å². The summed E-state index contributed by atoms with van der Waals surface area (Å²) in [5.74, 6) is 0.499. The van der Waals surface area contributed by atoms with Crippen LogP contribution in [0.5, 0.6) is 5.75 Å². The number of nitrogens with zero attached hydrogens (tertiary/aromatic N) is 5. The van der Waals surface area contributed by atoms with Crippen LogP contribution in [0.25, 0.3) is 5.69 Å². The van der Waals surface area contributed by atoms with E-state index >= 15 is 0 Å². The number of benzene rings is 2. The molecule has 11 heteroatoms. The van der Waals surface area contributed by atoms with Crippen LogP contribution < -0.4 is 15.4 Å². The minimum Gasteiger partial charge on any atom is -0.497 e. The van der Waals surface area contributed by atoms with E-state index in [1.165, 1.54) is 18.7 Å². The molecule has 0 aliphatic rings. The van der Waals surface area contributed by atoms with Gasteiger partial charge < -0.3 is 15.4 Å². The molecule has 0 spiro atoms. The number of ether oxygens (including phenoxy) is 1. The zero-order valence-corrected chi connectivity index (χ0v) is 19.2. The zero-order valence-electron chi connectivity index (χ0n) is 18.4. The second kappa shape index (κ2) is 10.6. The Kier molecular flexibility index (Phi) is 7.13. The van der Waals surface area contributed by atoms with Crippen molar-refractivity contribution < 1.29 is 14.3 Å². The molecule has 2 aromatic carbocycles. The van der Waals surface area contributed by atoms with Crippen LogP contribution in [0.1, 0.15) is 23.1 Å². The molecule has 0 aliphatic heterocycles. The van der Waals surface area contributed by atoms with Gasteiger partial charge in [-0.3, -0.25) is 9.59 Å². The van der Waals surface area contributed by atoms with Crippen molar-refractivity contribution in [2.45, 2.75) is 17.8 Å². The number of rotatable bonds is 8. The molecule has 0 unspecified atom stereocenters. The normalized spacial score (nSPS) is 10.5. The van der Waals surface area contributed by atoms with Gasteiger partial charge in [-0.25, -0.2) is 14.6 Å². The van der Waals surface area contributed by atoms with E-state index in [1.54, 1.807) is 54.5 Å². The molecular weight excluding hydrogens is 454 g/mol. The number of thioether (sulfide) groups is 1. The zero-order chi connectivity index (χ0) is 23.9. The Balaban J connectivity index is 1.60. The van der Waals surface area contributed by atoms with E-state index in [0.29, 0.717) is 33.7 Å². The third-order valence-corrected chi connectivity index (χ3v) is 5.53. The molecule has 0 aliphatic carbocycles.